The molecule has 130 valence electrons. The van der Waals surface area contributed by atoms with E-state index in [4.69, 9.17) is 4.74 Å². The Hall–Kier alpha value is -1.95. The van der Waals surface area contributed by atoms with Gasteiger partial charge in [-0.2, -0.15) is 0 Å². The average Bonchev–Trinajstić information content (AvgIpc) is 2.57. The molecular weight excluding hydrogens is 311 g/mol. The molecule has 2 heterocycles. The first-order valence-corrected chi connectivity index (χ1v) is 8.39. The number of morpholine rings is 1. The molecule has 0 N–H and O–H groups in total. The highest BCUT2D eigenvalue weighted by Gasteiger charge is 2.42. The van der Waals surface area contributed by atoms with Crippen molar-refractivity contribution in [3.63, 3.8) is 0 Å². The van der Waals surface area contributed by atoms with Crippen molar-refractivity contribution in [2.75, 3.05) is 26.7 Å². The highest BCUT2D eigenvalue weighted by Crippen LogP contribution is 2.31. The Morgan fingerprint density at radius 2 is 2.00 bits per heavy atom. The maximum absolute atomic E-state index is 13.2. The molecule has 5 nitrogen and oxygen atoms in total. The standard InChI is InChI=1S/C18H23FN2O3/c1-12-4-3-9-21(10-12)18(23)17-16(20(2)15(22)11-24-17)13-5-7-14(19)8-6-13/h5-8,12,16-17H,3-4,9-11H2,1-2H3/t12-,16+,17+/m1/s1. The number of likely N-dealkylation sites (N-methyl/N-ethyl adjacent to an activating group) is 1. The molecule has 0 unspecified atom stereocenters. The minimum Gasteiger partial charge on any atom is -0.356 e. The third-order valence-corrected chi connectivity index (χ3v) is 4.91. The summed E-state index contributed by atoms with van der Waals surface area (Å²) in [6.45, 7) is 3.46. The molecule has 0 aromatic heterocycles. The fraction of sp³-hybridized carbons (Fsp3) is 0.556. The largest absolute Gasteiger partial charge is 0.356 e. The van der Waals surface area contributed by atoms with Crippen LogP contribution < -0.4 is 0 Å². The van der Waals surface area contributed by atoms with E-state index in [-0.39, 0.29) is 24.2 Å². The zero-order valence-electron chi connectivity index (χ0n) is 14.1. The lowest BCUT2D eigenvalue weighted by Crippen LogP contribution is -2.55. The third-order valence-electron chi connectivity index (χ3n) is 4.91. The van der Waals surface area contributed by atoms with Gasteiger partial charge in [-0.3, -0.25) is 9.59 Å². The van der Waals surface area contributed by atoms with Crippen molar-refractivity contribution in [2.24, 2.45) is 5.92 Å². The van der Waals surface area contributed by atoms with Crippen LogP contribution in [0.25, 0.3) is 0 Å². The molecule has 0 radical (unpaired) electrons. The fourth-order valence-electron chi connectivity index (χ4n) is 3.55. The molecule has 2 aliphatic rings. The van der Waals surface area contributed by atoms with Crippen molar-refractivity contribution in [1.82, 2.24) is 9.80 Å². The molecule has 3 atom stereocenters. The van der Waals surface area contributed by atoms with Crippen molar-refractivity contribution >= 4 is 11.8 Å². The van der Waals surface area contributed by atoms with Crippen LogP contribution in [-0.2, 0) is 14.3 Å². The summed E-state index contributed by atoms with van der Waals surface area (Å²) < 4.78 is 18.9. The quantitative estimate of drug-likeness (QED) is 0.831. The maximum atomic E-state index is 13.2. The molecule has 6 heteroatoms. The van der Waals surface area contributed by atoms with E-state index in [0.717, 1.165) is 19.4 Å². The zero-order chi connectivity index (χ0) is 17.3. The second-order valence-corrected chi connectivity index (χ2v) is 6.76. The van der Waals surface area contributed by atoms with Crippen LogP contribution in [0.3, 0.4) is 0 Å². The van der Waals surface area contributed by atoms with Gasteiger partial charge in [0.15, 0.2) is 6.10 Å². The molecule has 0 saturated carbocycles. The Bertz CT molecular complexity index is 619. The summed E-state index contributed by atoms with van der Waals surface area (Å²) in [7, 11) is 1.66. The molecule has 2 fully saturated rings. The first-order chi connectivity index (χ1) is 11.5. The minimum atomic E-state index is -0.747. The van der Waals surface area contributed by atoms with Gasteiger partial charge in [0.1, 0.15) is 12.4 Å². The Kier molecular flexibility index (Phi) is 4.85. The lowest BCUT2D eigenvalue weighted by Gasteiger charge is -2.41. The van der Waals surface area contributed by atoms with Crippen molar-refractivity contribution in [2.45, 2.75) is 31.9 Å². The molecular formula is C18H23FN2O3. The Morgan fingerprint density at radius 1 is 1.29 bits per heavy atom. The number of carbonyl (C=O) groups excluding carboxylic acids is 2. The van der Waals surface area contributed by atoms with Gasteiger partial charge in [-0.1, -0.05) is 19.1 Å². The molecule has 0 bridgehead atoms. The summed E-state index contributed by atoms with van der Waals surface area (Å²) in [6.07, 6.45) is 1.36. The van der Waals surface area contributed by atoms with Gasteiger partial charge in [0.2, 0.25) is 5.91 Å². The van der Waals surface area contributed by atoms with Gasteiger partial charge >= 0.3 is 0 Å². The van der Waals surface area contributed by atoms with Crippen LogP contribution >= 0.6 is 0 Å². The van der Waals surface area contributed by atoms with E-state index < -0.39 is 12.1 Å². The van der Waals surface area contributed by atoms with E-state index in [0.29, 0.717) is 18.0 Å². The van der Waals surface area contributed by atoms with E-state index >= 15 is 0 Å². The summed E-state index contributed by atoms with van der Waals surface area (Å²) in [5.74, 6) is -0.150. The van der Waals surface area contributed by atoms with E-state index in [1.807, 2.05) is 4.90 Å². The number of hydrogen-bond donors (Lipinski definition) is 0. The predicted molar refractivity (Wildman–Crippen MR) is 86.6 cm³/mol. The SMILES string of the molecule is C[C@@H]1CCCN(C(=O)[C@H]2OCC(=O)N(C)[C@H]2c2ccc(F)cc2)C1. The second kappa shape index (κ2) is 6.89. The van der Waals surface area contributed by atoms with Gasteiger partial charge in [0.25, 0.3) is 5.91 Å². The van der Waals surface area contributed by atoms with Crippen LogP contribution in [0.4, 0.5) is 4.39 Å². The van der Waals surface area contributed by atoms with Gasteiger partial charge in [-0.25, -0.2) is 4.39 Å². The first kappa shape index (κ1) is 16.9. The predicted octanol–water partition coefficient (Wildman–Crippen LogP) is 1.98. The highest BCUT2D eigenvalue weighted by molar-refractivity contribution is 5.86. The van der Waals surface area contributed by atoms with Gasteiger partial charge in [0, 0.05) is 20.1 Å². The van der Waals surface area contributed by atoms with E-state index in [9.17, 15) is 14.0 Å². The smallest absolute Gasteiger partial charge is 0.254 e. The number of amides is 2. The Labute approximate surface area is 141 Å². The Balaban J connectivity index is 1.87. The average molecular weight is 334 g/mol. The lowest BCUT2D eigenvalue weighted by atomic mass is 9.95. The molecule has 1 aromatic carbocycles. The monoisotopic (exact) mass is 334 g/mol. The maximum Gasteiger partial charge on any atom is 0.254 e. The summed E-state index contributed by atoms with van der Waals surface area (Å²) in [6, 6.07) is 5.37. The molecule has 1 aromatic rings. The molecule has 0 aliphatic carbocycles. The third kappa shape index (κ3) is 3.29. The molecule has 3 rings (SSSR count). The summed E-state index contributed by atoms with van der Waals surface area (Å²) in [5, 5.41) is 0. The Morgan fingerprint density at radius 3 is 2.67 bits per heavy atom. The van der Waals surface area contributed by atoms with Crippen molar-refractivity contribution < 1.29 is 18.7 Å². The van der Waals surface area contributed by atoms with Crippen LogP contribution in [0.1, 0.15) is 31.4 Å². The van der Waals surface area contributed by atoms with Gasteiger partial charge in [-0.05, 0) is 36.5 Å². The van der Waals surface area contributed by atoms with Crippen LogP contribution in [0.15, 0.2) is 24.3 Å². The number of likely N-dealkylation sites (tertiary alicyclic amines) is 1. The number of piperidine rings is 1. The van der Waals surface area contributed by atoms with E-state index in [2.05, 4.69) is 6.92 Å². The number of rotatable bonds is 2. The van der Waals surface area contributed by atoms with Crippen LogP contribution in [0, 0.1) is 11.7 Å². The summed E-state index contributed by atoms with van der Waals surface area (Å²) in [5.41, 5.74) is 0.704. The molecule has 2 aliphatic heterocycles. The number of benzene rings is 1. The molecule has 2 amide bonds. The fourth-order valence-corrected chi connectivity index (χ4v) is 3.55. The molecule has 24 heavy (non-hydrogen) atoms. The molecule has 0 spiro atoms. The van der Waals surface area contributed by atoms with Crippen molar-refractivity contribution in [3.8, 4) is 0 Å². The van der Waals surface area contributed by atoms with E-state index in [1.54, 1.807) is 19.2 Å². The normalized spacial score (nSPS) is 28.1. The number of nitrogens with zero attached hydrogens (tertiary/aromatic N) is 2. The summed E-state index contributed by atoms with van der Waals surface area (Å²) >= 11 is 0. The summed E-state index contributed by atoms with van der Waals surface area (Å²) in [4.78, 5) is 28.4. The topological polar surface area (TPSA) is 49.9 Å². The van der Waals surface area contributed by atoms with Crippen LogP contribution in [-0.4, -0.2) is 54.5 Å². The number of hydrogen-bond acceptors (Lipinski definition) is 3. The number of halogens is 1. The van der Waals surface area contributed by atoms with E-state index in [1.165, 1.54) is 17.0 Å². The lowest BCUT2D eigenvalue weighted by molar-refractivity contribution is -0.168. The number of carbonyl (C=O) groups is 2. The highest BCUT2D eigenvalue weighted by atomic mass is 19.1. The van der Waals surface area contributed by atoms with Crippen molar-refractivity contribution in [1.29, 1.82) is 0 Å². The van der Waals surface area contributed by atoms with Gasteiger partial charge in [0.05, 0.1) is 6.04 Å². The first-order valence-electron chi connectivity index (χ1n) is 8.39. The van der Waals surface area contributed by atoms with Gasteiger partial charge < -0.3 is 14.5 Å². The van der Waals surface area contributed by atoms with Crippen LogP contribution in [0.5, 0.6) is 0 Å². The van der Waals surface area contributed by atoms with Crippen LogP contribution in [0.2, 0.25) is 0 Å². The minimum absolute atomic E-state index is 0.0878. The van der Waals surface area contributed by atoms with Crippen molar-refractivity contribution in [3.05, 3.63) is 35.6 Å². The zero-order valence-corrected chi connectivity index (χ0v) is 14.1. The van der Waals surface area contributed by atoms with Gasteiger partial charge in [-0.15, -0.1) is 0 Å². The number of ether oxygens (including phenoxy) is 1. The second-order valence-electron chi connectivity index (χ2n) is 6.76. The molecule has 2 saturated heterocycles.